The third-order valence-electron chi connectivity index (χ3n) is 2.34. The van der Waals surface area contributed by atoms with Gasteiger partial charge in [-0.25, -0.2) is 9.78 Å². The zero-order valence-electron chi connectivity index (χ0n) is 11.7. The van der Waals surface area contributed by atoms with Crippen molar-refractivity contribution in [2.24, 2.45) is 0 Å². The number of anilines is 1. The Morgan fingerprint density at radius 2 is 2.10 bits per heavy atom. The molecule has 0 amide bonds. The molecule has 1 unspecified atom stereocenters. The number of esters is 1. The second-order valence-corrected chi connectivity index (χ2v) is 6.70. The van der Waals surface area contributed by atoms with Gasteiger partial charge in [0.1, 0.15) is 4.88 Å². The summed E-state index contributed by atoms with van der Waals surface area (Å²) in [6.07, 6.45) is 0. The number of aromatic nitrogens is 1. The minimum atomic E-state index is -0.864. The van der Waals surface area contributed by atoms with E-state index >= 15 is 0 Å². The van der Waals surface area contributed by atoms with Gasteiger partial charge in [0.15, 0.2) is 16.6 Å². The summed E-state index contributed by atoms with van der Waals surface area (Å²) in [4.78, 5) is 27.6. The molecule has 0 aliphatic rings. The molecule has 0 aliphatic heterocycles. The number of carbonyl (C=O) groups excluding carboxylic acids is 2. The Labute approximate surface area is 124 Å². The van der Waals surface area contributed by atoms with Gasteiger partial charge in [0.05, 0.1) is 6.61 Å². The molecule has 0 saturated heterocycles. The quantitative estimate of drug-likeness (QED) is 0.580. The van der Waals surface area contributed by atoms with Gasteiger partial charge >= 0.3 is 5.97 Å². The van der Waals surface area contributed by atoms with Crippen molar-refractivity contribution < 1.29 is 18.5 Å². The van der Waals surface area contributed by atoms with Gasteiger partial charge in [-0.15, -0.1) is 0 Å². The molecule has 0 saturated carbocycles. The van der Waals surface area contributed by atoms with Gasteiger partial charge in [0, 0.05) is 35.8 Å². The van der Waals surface area contributed by atoms with Crippen LogP contribution in [0.1, 0.15) is 40.9 Å². The van der Waals surface area contributed by atoms with Gasteiger partial charge in [-0.2, -0.15) is 0 Å². The maximum Gasteiger partial charge on any atom is 0.358 e. The number of nitrogens with one attached hydrogen (secondary N) is 1. The number of hydrogen-bond acceptors (Lipinski definition) is 7. The maximum absolute atomic E-state index is 11.7. The highest BCUT2D eigenvalue weighted by molar-refractivity contribution is 7.84. The number of carbonyl (C=O) groups is 2. The predicted octanol–water partition coefficient (Wildman–Crippen LogP) is 1.70. The van der Waals surface area contributed by atoms with Gasteiger partial charge < -0.3 is 10.1 Å². The van der Waals surface area contributed by atoms with E-state index in [0.29, 0.717) is 23.2 Å². The Morgan fingerprint density at radius 3 is 2.65 bits per heavy atom. The number of ether oxygens (including phenoxy) is 1. The minimum absolute atomic E-state index is 0.0449. The van der Waals surface area contributed by atoms with Gasteiger partial charge in [0.2, 0.25) is 0 Å². The van der Waals surface area contributed by atoms with E-state index in [1.54, 1.807) is 6.92 Å². The molecule has 1 heterocycles. The van der Waals surface area contributed by atoms with E-state index in [1.165, 1.54) is 6.92 Å². The normalized spacial score (nSPS) is 11.9. The van der Waals surface area contributed by atoms with Crippen molar-refractivity contribution in [2.75, 3.05) is 30.0 Å². The summed E-state index contributed by atoms with van der Waals surface area (Å²) in [6.45, 7) is 5.63. The molecule has 20 heavy (non-hydrogen) atoms. The van der Waals surface area contributed by atoms with E-state index in [1.807, 2.05) is 6.92 Å². The molecule has 0 spiro atoms. The Bertz CT molecular complexity index is 514. The molecular formula is C12H18N2O4S2. The molecule has 0 radical (unpaired) electrons. The first-order chi connectivity index (χ1) is 9.49. The Balaban J connectivity index is 2.78. The summed E-state index contributed by atoms with van der Waals surface area (Å²) < 4.78 is 16.2. The van der Waals surface area contributed by atoms with E-state index in [4.69, 9.17) is 4.74 Å². The molecule has 1 aromatic rings. The third-order valence-corrected chi connectivity index (χ3v) is 4.76. The molecule has 0 bridgehead atoms. The molecule has 0 aromatic carbocycles. The lowest BCUT2D eigenvalue weighted by Crippen LogP contribution is -2.12. The number of ketones is 1. The fourth-order valence-corrected chi connectivity index (χ4v) is 2.88. The molecule has 0 aliphatic carbocycles. The molecule has 1 rings (SSSR count). The average Bonchev–Trinajstić information content (AvgIpc) is 2.83. The lowest BCUT2D eigenvalue weighted by molar-refractivity contribution is 0.0517. The molecule has 0 fully saturated rings. The molecule has 6 nitrogen and oxygen atoms in total. The summed E-state index contributed by atoms with van der Waals surface area (Å²) in [6, 6.07) is 0. The fraction of sp³-hybridized carbons (Fsp3) is 0.583. The van der Waals surface area contributed by atoms with E-state index < -0.39 is 16.8 Å². The molecule has 8 heteroatoms. The van der Waals surface area contributed by atoms with Crippen molar-refractivity contribution in [2.45, 2.75) is 20.8 Å². The first-order valence-corrected chi connectivity index (χ1v) is 8.57. The van der Waals surface area contributed by atoms with Crippen molar-refractivity contribution in [1.29, 1.82) is 0 Å². The topological polar surface area (TPSA) is 85.4 Å². The van der Waals surface area contributed by atoms with E-state index in [2.05, 4.69) is 10.3 Å². The zero-order chi connectivity index (χ0) is 15.1. The summed E-state index contributed by atoms with van der Waals surface area (Å²) in [5.41, 5.74) is 0.0449. The van der Waals surface area contributed by atoms with Crippen LogP contribution in [0, 0.1) is 0 Å². The summed E-state index contributed by atoms with van der Waals surface area (Å²) in [7, 11) is -0.864. The van der Waals surface area contributed by atoms with Crippen LogP contribution in [-0.2, 0) is 15.5 Å². The lowest BCUT2D eigenvalue weighted by atomic mass is 10.3. The van der Waals surface area contributed by atoms with E-state index in [9.17, 15) is 13.8 Å². The predicted molar refractivity (Wildman–Crippen MR) is 80.1 cm³/mol. The minimum Gasteiger partial charge on any atom is -0.461 e. The van der Waals surface area contributed by atoms with Crippen LogP contribution in [0.15, 0.2) is 0 Å². The van der Waals surface area contributed by atoms with Crippen LogP contribution in [0.25, 0.3) is 0 Å². The SMILES string of the molecule is CCOC(=O)c1nc(NCCS(=O)CC)sc1C(C)=O. The summed E-state index contributed by atoms with van der Waals surface area (Å²) in [5.74, 6) is 0.280. The zero-order valence-corrected chi connectivity index (χ0v) is 13.4. The van der Waals surface area contributed by atoms with E-state index in [-0.39, 0.29) is 23.0 Å². The van der Waals surface area contributed by atoms with Crippen LogP contribution < -0.4 is 5.32 Å². The van der Waals surface area contributed by atoms with Gasteiger partial charge in [-0.05, 0) is 6.92 Å². The van der Waals surface area contributed by atoms with Crippen molar-refractivity contribution >= 4 is 39.0 Å². The fourth-order valence-electron chi connectivity index (χ4n) is 1.39. The molecule has 1 N–H and O–H groups in total. The van der Waals surface area contributed by atoms with Gasteiger partial charge in [-0.3, -0.25) is 9.00 Å². The number of Topliss-reactive ketones (excluding diaryl/α,β-unsaturated/α-hetero) is 1. The monoisotopic (exact) mass is 318 g/mol. The smallest absolute Gasteiger partial charge is 0.358 e. The Kier molecular flexibility index (Phi) is 6.80. The van der Waals surface area contributed by atoms with E-state index in [0.717, 1.165) is 11.3 Å². The summed E-state index contributed by atoms with van der Waals surface area (Å²) in [5, 5.41) is 3.44. The second kappa shape index (κ2) is 8.11. The average molecular weight is 318 g/mol. The second-order valence-electron chi connectivity index (χ2n) is 3.83. The third kappa shape index (κ3) is 4.68. The van der Waals surface area contributed by atoms with Crippen molar-refractivity contribution in [3.8, 4) is 0 Å². The van der Waals surface area contributed by atoms with Crippen LogP contribution >= 0.6 is 11.3 Å². The molecular weight excluding hydrogens is 300 g/mol. The first kappa shape index (κ1) is 16.8. The van der Waals surface area contributed by atoms with Crippen LogP contribution in [0.5, 0.6) is 0 Å². The number of nitrogens with zero attached hydrogens (tertiary/aromatic N) is 1. The molecule has 1 aromatic heterocycles. The van der Waals surface area contributed by atoms with Crippen molar-refractivity contribution in [3.63, 3.8) is 0 Å². The van der Waals surface area contributed by atoms with Crippen molar-refractivity contribution in [1.82, 2.24) is 4.98 Å². The Hall–Kier alpha value is -1.28. The highest BCUT2D eigenvalue weighted by Crippen LogP contribution is 2.24. The highest BCUT2D eigenvalue weighted by atomic mass is 32.2. The van der Waals surface area contributed by atoms with Gasteiger partial charge in [-0.1, -0.05) is 18.3 Å². The lowest BCUT2D eigenvalue weighted by Gasteiger charge is -2.01. The number of rotatable bonds is 8. The van der Waals surface area contributed by atoms with Crippen molar-refractivity contribution in [3.05, 3.63) is 10.6 Å². The highest BCUT2D eigenvalue weighted by Gasteiger charge is 2.22. The largest absolute Gasteiger partial charge is 0.461 e. The maximum atomic E-state index is 11.7. The van der Waals surface area contributed by atoms with Crippen LogP contribution in [-0.4, -0.2) is 45.6 Å². The van der Waals surface area contributed by atoms with Crippen LogP contribution in [0.4, 0.5) is 5.13 Å². The Morgan fingerprint density at radius 1 is 1.40 bits per heavy atom. The summed E-state index contributed by atoms with van der Waals surface area (Å²) >= 11 is 1.11. The van der Waals surface area contributed by atoms with Crippen LogP contribution in [0.3, 0.4) is 0 Å². The molecule has 112 valence electrons. The first-order valence-electron chi connectivity index (χ1n) is 6.27. The molecule has 1 atom stereocenters. The van der Waals surface area contributed by atoms with Crippen LogP contribution in [0.2, 0.25) is 0 Å². The number of hydrogen-bond donors (Lipinski definition) is 1. The van der Waals surface area contributed by atoms with Gasteiger partial charge in [0.25, 0.3) is 0 Å². The number of thiazole rings is 1. The standard InChI is InChI=1S/C12H18N2O4S2/c1-4-18-11(16)9-10(8(3)15)19-12(14-9)13-6-7-20(17)5-2/h4-7H2,1-3H3,(H,13,14).